The van der Waals surface area contributed by atoms with E-state index in [0.29, 0.717) is 12.3 Å². The molecule has 0 aliphatic heterocycles. The van der Waals surface area contributed by atoms with Gasteiger partial charge in [0.15, 0.2) is 0 Å². The Labute approximate surface area is 146 Å². The molecular formula is C19H23N5O. The summed E-state index contributed by atoms with van der Waals surface area (Å²) in [6, 6.07) is 4.30. The Balaban J connectivity index is 1.65. The molecule has 1 amide bonds. The highest BCUT2D eigenvalue weighted by Gasteiger charge is 2.27. The van der Waals surface area contributed by atoms with Gasteiger partial charge in [0, 0.05) is 36.0 Å². The molecule has 3 N–H and O–H groups in total. The van der Waals surface area contributed by atoms with Crippen LogP contribution in [0.5, 0.6) is 0 Å². The maximum absolute atomic E-state index is 11.3. The molecule has 1 aliphatic carbocycles. The third kappa shape index (κ3) is 3.16. The van der Waals surface area contributed by atoms with Crippen molar-refractivity contribution in [3.8, 4) is 11.1 Å². The molecule has 1 unspecified atom stereocenters. The minimum Gasteiger partial charge on any atom is -0.370 e. The van der Waals surface area contributed by atoms with Gasteiger partial charge in [-0.2, -0.15) is 5.10 Å². The topological polar surface area (TPSA) is 89.6 Å². The number of nitrogens with two attached hydrogens (primary N) is 1. The first-order valence-electron chi connectivity index (χ1n) is 8.97. The summed E-state index contributed by atoms with van der Waals surface area (Å²) in [6.07, 6.45) is 13.8. The van der Waals surface area contributed by atoms with Crippen LogP contribution in [0.2, 0.25) is 0 Å². The number of hydrogen-bond acceptors (Lipinski definition) is 3. The van der Waals surface area contributed by atoms with Gasteiger partial charge in [0.2, 0.25) is 5.91 Å². The van der Waals surface area contributed by atoms with Gasteiger partial charge >= 0.3 is 0 Å². The van der Waals surface area contributed by atoms with E-state index < -0.39 is 0 Å². The van der Waals surface area contributed by atoms with Crippen molar-refractivity contribution in [2.24, 2.45) is 11.7 Å². The minimum atomic E-state index is -0.237. The SMILES string of the molecule is NC(=O)CCC(C1CCCC1)n1cc(-c2ccnc3[nH]ccc23)cn1. The molecule has 3 heterocycles. The molecule has 0 aromatic carbocycles. The van der Waals surface area contributed by atoms with Crippen molar-refractivity contribution in [3.63, 3.8) is 0 Å². The second kappa shape index (κ2) is 6.70. The van der Waals surface area contributed by atoms with Gasteiger partial charge in [-0.1, -0.05) is 12.8 Å². The van der Waals surface area contributed by atoms with Crippen molar-refractivity contribution in [1.82, 2.24) is 19.7 Å². The van der Waals surface area contributed by atoms with Crippen LogP contribution in [-0.4, -0.2) is 25.7 Å². The predicted molar refractivity (Wildman–Crippen MR) is 96.7 cm³/mol. The zero-order valence-corrected chi connectivity index (χ0v) is 14.2. The number of carbonyl (C=O) groups excluding carboxylic acids is 1. The smallest absolute Gasteiger partial charge is 0.217 e. The van der Waals surface area contributed by atoms with Gasteiger partial charge in [0.05, 0.1) is 12.2 Å². The van der Waals surface area contributed by atoms with E-state index in [9.17, 15) is 4.79 Å². The number of pyridine rings is 1. The number of aromatic amines is 1. The molecule has 1 saturated carbocycles. The Morgan fingerprint density at radius 1 is 1.36 bits per heavy atom. The Morgan fingerprint density at radius 2 is 2.20 bits per heavy atom. The summed E-state index contributed by atoms with van der Waals surface area (Å²) < 4.78 is 2.05. The molecule has 0 spiro atoms. The molecule has 1 aliphatic rings. The maximum Gasteiger partial charge on any atom is 0.217 e. The first kappa shape index (κ1) is 15.9. The van der Waals surface area contributed by atoms with Crippen LogP contribution in [0.15, 0.2) is 36.9 Å². The van der Waals surface area contributed by atoms with E-state index in [4.69, 9.17) is 5.73 Å². The number of rotatable bonds is 6. The number of fused-ring (bicyclic) bond motifs is 1. The minimum absolute atomic E-state index is 0.237. The number of aromatic nitrogens is 4. The number of hydrogen-bond donors (Lipinski definition) is 2. The van der Waals surface area contributed by atoms with Crippen molar-refractivity contribution in [2.45, 2.75) is 44.6 Å². The fraction of sp³-hybridized carbons (Fsp3) is 0.421. The molecule has 0 saturated heterocycles. The van der Waals surface area contributed by atoms with Crippen molar-refractivity contribution in [2.75, 3.05) is 0 Å². The normalized spacial score (nSPS) is 16.5. The standard InChI is InChI=1S/C19H23N5O/c20-18(25)6-5-17(13-3-1-2-4-13)24-12-14(11-23-24)15-7-9-21-19-16(15)8-10-22-19/h7-13,17H,1-6H2,(H2,20,25)(H,21,22). The quantitative estimate of drug-likeness (QED) is 0.722. The Kier molecular flexibility index (Phi) is 4.26. The van der Waals surface area contributed by atoms with E-state index in [1.165, 1.54) is 25.7 Å². The largest absolute Gasteiger partial charge is 0.370 e. The van der Waals surface area contributed by atoms with Gasteiger partial charge in [0.25, 0.3) is 0 Å². The van der Waals surface area contributed by atoms with E-state index in [1.807, 2.05) is 35.4 Å². The van der Waals surface area contributed by atoms with Crippen LogP contribution in [0.4, 0.5) is 0 Å². The highest BCUT2D eigenvalue weighted by atomic mass is 16.1. The van der Waals surface area contributed by atoms with Gasteiger partial charge in [-0.3, -0.25) is 9.48 Å². The van der Waals surface area contributed by atoms with Gasteiger partial charge < -0.3 is 10.7 Å². The van der Waals surface area contributed by atoms with Crippen LogP contribution < -0.4 is 5.73 Å². The molecule has 130 valence electrons. The molecular weight excluding hydrogens is 314 g/mol. The molecule has 6 nitrogen and oxygen atoms in total. The van der Waals surface area contributed by atoms with E-state index in [0.717, 1.165) is 28.6 Å². The fourth-order valence-corrected chi connectivity index (χ4v) is 4.09. The van der Waals surface area contributed by atoms with Crippen molar-refractivity contribution in [3.05, 3.63) is 36.9 Å². The van der Waals surface area contributed by atoms with Crippen LogP contribution in [0.1, 0.15) is 44.6 Å². The molecule has 3 aromatic heterocycles. The fourth-order valence-electron chi connectivity index (χ4n) is 4.09. The lowest BCUT2D eigenvalue weighted by Gasteiger charge is -2.23. The number of primary amides is 1. The average molecular weight is 337 g/mol. The van der Waals surface area contributed by atoms with E-state index >= 15 is 0 Å². The van der Waals surface area contributed by atoms with Crippen LogP contribution >= 0.6 is 0 Å². The van der Waals surface area contributed by atoms with Crippen LogP contribution in [-0.2, 0) is 4.79 Å². The number of amides is 1. The molecule has 6 heteroatoms. The zero-order chi connectivity index (χ0) is 17.2. The second-order valence-corrected chi connectivity index (χ2v) is 6.92. The Morgan fingerprint density at radius 3 is 3.00 bits per heavy atom. The number of nitrogens with zero attached hydrogens (tertiary/aromatic N) is 3. The van der Waals surface area contributed by atoms with E-state index in [2.05, 4.69) is 21.3 Å². The molecule has 3 aromatic rings. The molecule has 1 fully saturated rings. The maximum atomic E-state index is 11.3. The molecule has 4 rings (SSSR count). The third-order valence-corrected chi connectivity index (χ3v) is 5.34. The summed E-state index contributed by atoms with van der Waals surface area (Å²) in [5.41, 5.74) is 8.47. The summed E-state index contributed by atoms with van der Waals surface area (Å²) >= 11 is 0. The van der Waals surface area contributed by atoms with Crippen molar-refractivity contribution < 1.29 is 4.79 Å². The van der Waals surface area contributed by atoms with Gasteiger partial charge in [-0.05, 0) is 42.9 Å². The van der Waals surface area contributed by atoms with Gasteiger partial charge in [0.1, 0.15) is 5.65 Å². The lowest BCUT2D eigenvalue weighted by atomic mass is 9.94. The van der Waals surface area contributed by atoms with Crippen molar-refractivity contribution in [1.29, 1.82) is 0 Å². The molecule has 1 atom stereocenters. The van der Waals surface area contributed by atoms with E-state index in [-0.39, 0.29) is 11.9 Å². The second-order valence-electron chi connectivity index (χ2n) is 6.92. The molecule has 25 heavy (non-hydrogen) atoms. The van der Waals surface area contributed by atoms with E-state index in [1.54, 1.807) is 0 Å². The molecule has 0 radical (unpaired) electrons. The first-order valence-corrected chi connectivity index (χ1v) is 8.97. The van der Waals surface area contributed by atoms with Crippen LogP contribution in [0.25, 0.3) is 22.2 Å². The summed E-state index contributed by atoms with van der Waals surface area (Å²) in [4.78, 5) is 18.8. The molecule has 0 bridgehead atoms. The summed E-state index contributed by atoms with van der Waals surface area (Å²) in [6.45, 7) is 0. The highest BCUT2D eigenvalue weighted by molar-refractivity contribution is 5.92. The first-order chi connectivity index (χ1) is 12.2. The summed E-state index contributed by atoms with van der Waals surface area (Å²) in [5.74, 6) is 0.343. The van der Waals surface area contributed by atoms with Crippen molar-refractivity contribution >= 4 is 16.9 Å². The van der Waals surface area contributed by atoms with Crippen LogP contribution in [0.3, 0.4) is 0 Å². The average Bonchev–Trinajstić information content (AvgIpc) is 3.36. The predicted octanol–water partition coefficient (Wildman–Crippen LogP) is 3.42. The monoisotopic (exact) mass is 337 g/mol. The number of nitrogens with one attached hydrogen (secondary N) is 1. The Hall–Kier alpha value is -2.63. The third-order valence-electron chi connectivity index (χ3n) is 5.34. The Bertz CT molecular complexity index is 875. The van der Waals surface area contributed by atoms with Gasteiger partial charge in [-0.25, -0.2) is 4.98 Å². The number of H-pyrrole nitrogens is 1. The zero-order valence-electron chi connectivity index (χ0n) is 14.2. The lowest BCUT2D eigenvalue weighted by molar-refractivity contribution is -0.118. The highest BCUT2D eigenvalue weighted by Crippen LogP contribution is 2.37. The summed E-state index contributed by atoms with van der Waals surface area (Å²) in [7, 11) is 0. The summed E-state index contributed by atoms with van der Waals surface area (Å²) in [5, 5.41) is 5.73. The van der Waals surface area contributed by atoms with Crippen LogP contribution in [0, 0.1) is 5.92 Å². The van der Waals surface area contributed by atoms with Gasteiger partial charge in [-0.15, -0.1) is 0 Å². The number of carbonyl (C=O) groups is 1. The lowest BCUT2D eigenvalue weighted by Crippen LogP contribution is -2.21.